The lowest BCUT2D eigenvalue weighted by Gasteiger charge is -2.25. The molecule has 1 N–H and O–H groups in total. The second-order valence-electron chi connectivity index (χ2n) is 5.55. The predicted molar refractivity (Wildman–Crippen MR) is 82.7 cm³/mol. The topological polar surface area (TPSA) is 46.9 Å². The summed E-state index contributed by atoms with van der Waals surface area (Å²) in [5, 5.41) is 7.71. The van der Waals surface area contributed by atoms with Gasteiger partial charge in [-0.15, -0.1) is 0 Å². The standard InChI is InChI=1S/C16H18ClN3O/c1-10-14(17)15(20(2)19-10)16(21)18-13-8-7-11-5-3-4-6-12(11)9-13/h3-6,13H,7-9H2,1-2H3,(H,18,21)/t13-/m1/s1. The van der Waals surface area contributed by atoms with Crippen LogP contribution in [-0.4, -0.2) is 21.7 Å². The molecular formula is C16H18ClN3O. The molecule has 3 rings (SSSR count). The first kappa shape index (κ1) is 14.1. The molecule has 2 aromatic rings. The molecule has 0 spiro atoms. The number of nitrogens with zero attached hydrogens (tertiary/aromatic N) is 2. The number of amides is 1. The quantitative estimate of drug-likeness (QED) is 0.927. The molecular weight excluding hydrogens is 286 g/mol. The number of carbonyl (C=O) groups is 1. The van der Waals surface area contributed by atoms with Crippen molar-refractivity contribution in [2.45, 2.75) is 32.2 Å². The summed E-state index contributed by atoms with van der Waals surface area (Å²) in [6.07, 6.45) is 2.83. The van der Waals surface area contributed by atoms with E-state index >= 15 is 0 Å². The highest BCUT2D eigenvalue weighted by Crippen LogP contribution is 2.23. The number of aryl methyl sites for hydroxylation is 3. The Morgan fingerprint density at radius 1 is 1.38 bits per heavy atom. The van der Waals surface area contributed by atoms with Crippen molar-refractivity contribution in [2.24, 2.45) is 7.05 Å². The number of rotatable bonds is 2. The van der Waals surface area contributed by atoms with E-state index in [-0.39, 0.29) is 11.9 Å². The van der Waals surface area contributed by atoms with Crippen molar-refractivity contribution in [2.75, 3.05) is 0 Å². The minimum absolute atomic E-state index is 0.146. The highest BCUT2D eigenvalue weighted by molar-refractivity contribution is 6.34. The summed E-state index contributed by atoms with van der Waals surface area (Å²) >= 11 is 6.16. The normalized spacial score (nSPS) is 17.4. The Bertz CT molecular complexity index is 693. The smallest absolute Gasteiger partial charge is 0.271 e. The van der Waals surface area contributed by atoms with Crippen molar-refractivity contribution >= 4 is 17.5 Å². The zero-order valence-corrected chi connectivity index (χ0v) is 12.9. The molecule has 1 aromatic heterocycles. The molecule has 5 heteroatoms. The number of hydrogen-bond donors (Lipinski definition) is 1. The molecule has 0 saturated heterocycles. The monoisotopic (exact) mass is 303 g/mol. The Labute approximate surface area is 129 Å². The number of halogens is 1. The van der Waals surface area contributed by atoms with Gasteiger partial charge in [0.25, 0.3) is 5.91 Å². The second-order valence-corrected chi connectivity index (χ2v) is 5.93. The molecule has 0 bridgehead atoms. The Kier molecular flexibility index (Phi) is 3.72. The fraction of sp³-hybridized carbons (Fsp3) is 0.375. The van der Waals surface area contributed by atoms with Crippen molar-refractivity contribution in [1.82, 2.24) is 15.1 Å². The summed E-state index contributed by atoms with van der Waals surface area (Å²) in [6, 6.07) is 8.56. The summed E-state index contributed by atoms with van der Waals surface area (Å²) in [5.41, 5.74) is 3.82. The Hall–Kier alpha value is -1.81. The van der Waals surface area contributed by atoms with Gasteiger partial charge >= 0.3 is 0 Å². The van der Waals surface area contributed by atoms with Crippen LogP contribution in [0.2, 0.25) is 5.02 Å². The van der Waals surface area contributed by atoms with Gasteiger partial charge in [-0.25, -0.2) is 0 Å². The molecule has 110 valence electrons. The van der Waals surface area contributed by atoms with Crippen LogP contribution in [0.15, 0.2) is 24.3 Å². The Morgan fingerprint density at radius 2 is 2.10 bits per heavy atom. The number of nitrogens with one attached hydrogen (secondary N) is 1. The van der Waals surface area contributed by atoms with Crippen LogP contribution >= 0.6 is 11.6 Å². The third kappa shape index (κ3) is 2.68. The third-order valence-electron chi connectivity index (χ3n) is 4.05. The largest absolute Gasteiger partial charge is 0.348 e. The van der Waals surface area contributed by atoms with Crippen LogP contribution in [0.4, 0.5) is 0 Å². The highest BCUT2D eigenvalue weighted by Gasteiger charge is 2.24. The average molecular weight is 304 g/mol. The van der Waals surface area contributed by atoms with E-state index in [1.807, 2.05) is 6.07 Å². The van der Waals surface area contributed by atoms with Gasteiger partial charge < -0.3 is 5.32 Å². The molecule has 1 aliphatic rings. The maximum absolute atomic E-state index is 12.4. The molecule has 1 aromatic carbocycles. The number of aromatic nitrogens is 2. The number of hydrogen-bond acceptors (Lipinski definition) is 2. The van der Waals surface area contributed by atoms with Crippen molar-refractivity contribution < 1.29 is 4.79 Å². The van der Waals surface area contributed by atoms with Gasteiger partial charge in [-0.05, 0) is 37.3 Å². The number of carbonyl (C=O) groups excluding carboxylic acids is 1. The molecule has 1 aliphatic carbocycles. The molecule has 0 aliphatic heterocycles. The first-order chi connectivity index (χ1) is 10.1. The van der Waals surface area contributed by atoms with Crippen LogP contribution in [0.1, 0.15) is 33.7 Å². The van der Waals surface area contributed by atoms with E-state index in [1.165, 1.54) is 11.1 Å². The van der Waals surface area contributed by atoms with Gasteiger partial charge in [0.05, 0.1) is 10.7 Å². The van der Waals surface area contributed by atoms with Gasteiger partial charge in [-0.3, -0.25) is 9.48 Å². The van der Waals surface area contributed by atoms with Crippen LogP contribution in [0.25, 0.3) is 0 Å². The lowest BCUT2D eigenvalue weighted by Crippen LogP contribution is -2.39. The average Bonchev–Trinajstić information content (AvgIpc) is 2.72. The minimum Gasteiger partial charge on any atom is -0.348 e. The van der Waals surface area contributed by atoms with E-state index in [1.54, 1.807) is 18.7 Å². The fourth-order valence-corrected chi connectivity index (χ4v) is 3.20. The third-order valence-corrected chi connectivity index (χ3v) is 4.50. The highest BCUT2D eigenvalue weighted by atomic mass is 35.5. The lowest BCUT2D eigenvalue weighted by atomic mass is 9.88. The zero-order chi connectivity index (χ0) is 15.0. The van der Waals surface area contributed by atoms with E-state index < -0.39 is 0 Å². The van der Waals surface area contributed by atoms with E-state index in [2.05, 4.69) is 28.6 Å². The van der Waals surface area contributed by atoms with Gasteiger partial charge in [0.1, 0.15) is 5.69 Å². The summed E-state index contributed by atoms with van der Waals surface area (Å²) in [4.78, 5) is 12.4. The molecule has 1 amide bonds. The Morgan fingerprint density at radius 3 is 2.76 bits per heavy atom. The summed E-state index contributed by atoms with van der Waals surface area (Å²) < 4.78 is 1.55. The molecule has 4 nitrogen and oxygen atoms in total. The first-order valence-electron chi connectivity index (χ1n) is 7.13. The minimum atomic E-state index is -0.146. The van der Waals surface area contributed by atoms with Gasteiger partial charge in [0, 0.05) is 13.1 Å². The number of fused-ring (bicyclic) bond motifs is 1. The second kappa shape index (κ2) is 5.53. The SMILES string of the molecule is Cc1nn(C)c(C(=O)N[C@@H]2CCc3ccccc3C2)c1Cl. The summed E-state index contributed by atoms with van der Waals surface area (Å²) in [7, 11) is 1.74. The molecule has 1 heterocycles. The van der Waals surface area contributed by atoms with Crippen LogP contribution < -0.4 is 5.32 Å². The van der Waals surface area contributed by atoms with E-state index in [4.69, 9.17) is 11.6 Å². The van der Waals surface area contributed by atoms with Crippen molar-refractivity contribution in [3.05, 3.63) is 51.8 Å². The Balaban J connectivity index is 1.75. The molecule has 0 radical (unpaired) electrons. The first-order valence-corrected chi connectivity index (χ1v) is 7.51. The van der Waals surface area contributed by atoms with Crippen molar-refractivity contribution in [3.63, 3.8) is 0 Å². The molecule has 0 fully saturated rings. The van der Waals surface area contributed by atoms with Gasteiger partial charge in [0.2, 0.25) is 0 Å². The predicted octanol–water partition coefficient (Wildman–Crippen LogP) is 2.67. The van der Waals surface area contributed by atoms with Crippen LogP contribution in [0, 0.1) is 6.92 Å². The van der Waals surface area contributed by atoms with E-state index in [0.29, 0.717) is 16.4 Å². The van der Waals surface area contributed by atoms with Gasteiger partial charge in [-0.2, -0.15) is 5.10 Å². The lowest BCUT2D eigenvalue weighted by molar-refractivity contribution is 0.0924. The van der Waals surface area contributed by atoms with Crippen molar-refractivity contribution in [1.29, 1.82) is 0 Å². The summed E-state index contributed by atoms with van der Waals surface area (Å²) in [5.74, 6) is -0.146. The molecule has 0 saturated carbocycles. The molecule has 0 unspecified atom stereocenters. The van der Waals surface area contributed by atoms with Gasteiger partial charge in [0.15, 0.2) is 0 Å². The van der Waals surface area contributed by atoms with Crippen LogP contribution in [-0.2, 0) is 19.9 Å². The summed E-state index contributed by atoms with van der Waals surface area (Å²) in [6.45, 7) is 1.80. The van der Waals surface area contributed by atoms with Crippen LogP contribution in [0.3, 0.4) is 0 Å². The molecule has 1 atom stereocenters. The molecule has 21 heavy (non-hydrogen) atoms. The maximum Gasteiger partial charge on any atom is 0.271 e. The van der Waals surface area contributed by atoms with Gasteiger partial charge in [-0.1, -0.05) is 35.9 Å². The van der Waals surface area contributed by atoms with E-state index in [0.717, 1.165) is 19.3 Å². The van der Waals surface area contributed by atoms with Crippen LogP contribution in [0.5, 0.6) is 0 Å². The maximum atomic E-state index is 12.4. The number of benzene rings is 1. The van der Waals surface area contributed by atoms with Crippen molar-refractivity contribution in [3.8, 4) is 0 Å². The zero-order valence-electron chi connectivity index (χ0n) is 12.2. The van der Waals surface area contributed by atoms with E-state index in [9.17, 15) is 4.79 Å². The fourth-order valence-electron chi connectivity index (χ4n) is 2.95.